The largest absolute Gasteiger partial charge is 0.497 e. The second-order valence-corrected chi connectivity index (χ2v) is 12.1. The SMILES string of the molecule is COc1ccc(N[C@H]2C#C/C=C/C#C[C@]3(O)C(=O)C2=C[C@@H]2[C@H]3[C@@H]3C=C[C@]24C(=O)[C@]3(O)C#C/C=C/C#C[C@H]4Nc2ccc(OC)cc2)cc1. The molecule has 0 unspecified atom stereocenters. The molecule has 8 nitrogen and oxygen atoms in total. The smallest absolute Gasteiger partial charge is 0.205 e. The summed E-state index contributed by atoms with van der Waals surface area (Å²) >= 11 is 0. The molecular formula is C40H30N2O6. The van der Waals surface area contributed by atoms with Crippen LogP contribution in [0.2, 0.25) is 0 Å². The lowest BCUT2D eigenvalue weighted by Crippen LogP contribution is -2.74. The van der Waals surface area contributed by atoms with Crippen LogP contribution in [0.4, 0.5) is 11.4 Å². The normalized spacial score (nSPS) is 34.3. The van der Waals surface area contributed by atoms with Gasteiger partial charge in [-0.25, -0.2) is 0 Å². The van der Waals surface area contributed by atoms with Crippen LogP contribution >= 0.6 is 0 Å². The van der Waals surface area contributed by atoms with Gasteiger partial charge in [0.25, 0.3) is 0 Å². The maximum atomic E-state index is 14.9. The molecule has 4 N–H and O–H groups in total. The van der Waals surface area contributed by atoms with Gasteiger partial charge < -0.3 is 30.3 Å². The van der Waals surface area contributed by atoms with Crippen LogP contribution in [0.25, 0.3) is 0 Å². The van der Waals surface area contributed by atoms with Crippen molar-refractivity contribution in [3.63, 3.8) is 0 Å². The molecule has 0 amide bonds. The molecule has 2 aromatic rings. The number of anilines is 2. The quantitative estimate of drug-likeness (QED) is 0.283. The number of carbonyl (C=O) groups excluding carboxylic acids is 2. The van der Waals surface area contributed by atoms with E-state index in [1.165, 1.54) is 12.2 Å². The summed E-state index contributed by atoms with van der Waals surface area (Å²) in [6.07, 6.45) is 11.2. The van der Waals surface area contributed by atoms with Gasteiger partial charge in [0.05, 0.1) is 19.6 Å². The Kier molecular flexibility index (Phi) is 7.50. The fourth-order valence-electron chi connectivity index (χ4n) is 7.36. The topological polar surface area (TPSA) is 117 Å². The van der Waals surface area contributed by atoms with E-state index in [0.29, 0.717) is 22.9 Å². The van der Waals surface area contributed by atoms with Gasteiger partial charge in [-0.3, -0.25) is 9.59 Å². The van der Waals surface area contributed by atoms with Gasteiger partial charge in [0, 0.05) is 34.7 Å². The summed E-state index contributed by atoms with van der Waals surface area (Å²) in [6.45, 7) is 0. The Bertz CT molecular complexity index is 2080. The van der Waals surface area contributed by atoms with Crippen LogP contribution in [0.5, 0.6) is 11.5 Å². The van der Waals surface area contributed by atoms with Crippen LogP contribution in [0.3, 0.4) is 0 Å². The first-order chi connectivity index (χ1) is 23.2. The zero-order valence-electron chi connectivity index (χ0n) is 26.1. The Morgan fingerprint density at radius 3 is 1.90 bits per heavy atom. The molecule has 0 aliphatic heterocycles. The maximum Gasteiger partial charge on any atom is 0.205 e. The number of nitrogens with one attached hydrogen (secondary N) is 2. The minimum absolute atomic E-state index is 0.151. The first-order valence-corrected chi connectivity index (χ1v) is 15.4. The van der Waals surface area contributed by atoms with E-state index in [1.807, 2.05) is 0 Å². The van der Waals surface area contributed by atoms with E-state index in [1.54, 1.807) is 93.1 Å². The van der Waals surface area contributed by atoms with E-state index in [9.17, 15) is 19.8 Å². The minimum atomic E-state index is -2.31. The molecule has 236 valence electrons. The number of aliphatic hydroxyl groups is 2. The molecule has 1 fully saturated rings. The van der Waals surface area contributed by atoms with E-state index in [4.69, 9.17) is 9.47 Å². The van der Waals surface area contributed by atoms with Crippen molar-refractivity contribution in [1.29, 1.82) is 0 Å². The Hall–Kier alpha value is -5.90. The molecule has 8 heteroatoms. The minimum Gasteiger partial charge on any atom is -0.497 e. The molecule has 0 radical (unpaired) electrons. The lowest BCUT2D eigenvalue weighted by atomic mass is 9.42. The van der Waals surface area contributed by atoms with Crippen molar-refractivity contribution in [3.05, 3.63) is 96.6 Å². The van der Waals surface area contributed by atoms with Crippen LogP contribution in [-0.2, 0) is 9.59 Å². The van der Waals surface area contributed by atoms with Crippen LogP contribution in [0, 0.1) is 70.5 Å². The average Bonchev–Trinajstić information content (AvgIpc) is 3.10. The van der Waals surface area contributed by atoms with E-state index < -0.39 is 58.0 Å². The summed E-state index contributed by atoms with van der Waals surface area (Å²) in [5.74, 6) is 20.5. The van der Waals surface area contributed by atoms with Crippen molar-refractivity contribution in [2.75, 3.05) is 24.9 Å². The fourth-order valence-corrected chi connectivity index (χ4v) is 7.36. The Morgan fingerprint density at radius 1 is 0.708 bits per heavy atom. The molecular weight excluding hydrogens is 604 g/mol. The predicted octanol–water partition coefficient (Wildman–Crippen LogP) is 3.08. The van der Waals surface area contributed by atoms with E-state index in [0.717, 1.165) is 0 Å². The number of carbonyl (C=O) groups is 2. The predicted molar refractivity (Wildman–Crippen MR) is 180 cm³/mol. The van der Waals surface area contributed by atoms with Crippen LogP contribution in [0.15, 0.2) is 96.6 Å². The number of benzene rings is 2. The molecule has 8 rings (SSSR count). The fraction of sp³-hybridized carbons (Fsp3) is 0.250. The van der Waals surface area contributed by atoms with Gasteiger partial charge in [-0.05, 0) is 72.8 Å². The highest BCUT2D eigenvalue weighted by Gasteiger charge is 2.73. The third-order valence-corrected chi connectivity index (χ3v) is 9.65. The summed E-state index contributed by atoms with van der Waals surface area (Å²) in [4.78, 5) is 29.4. The third kappa shape index (κ3) is 4.71. The van der Waals surface area contributed by atoms with E-state index in [2.05, 4.69) is 58.0 Å². The molecule has 5 bridgehead atoms. The van der Waals surface area contributed by atoms with E-state index >= 15 is 0 Å². The number of Topliss-reactive ketones (excluding diaryl/α,β-unsaturated/α-hetero) is 2. The van der Waals surface area contributed by atoms with Crippen molar-refractivity contribution in [3.8, 4) is 58.9 Å². The lowest BCUT2D eigenvalue weighted by molar-refractivity contribution is -0.176. The molecule has 8 atom stereocenters. The van der Waals surface area contributed by atoms with Crippen LogP contribution < -0.4 is 20.1 Å². The number of fused-ring (bicyclic) bond motifs is 2. The number of ketones is 2. The summed E-state index contributed by atoms with van der Waals surface area (Å²) in [7, 11) is 3.14. The van der Waals surface area contributed by atoms with Gasteiger partial charge in [-0.15, -0.1) is 0 Å². The second-order valence-electron chi connectivity index (χ2n) is 12.1. The van der Waals surface area contributed by atoms with Crippen LogP contribution in [-0.4, -0.2) is 59.3 Å². The first kappa shape index (κ1) is 30.7. The lowest BCUT2D eigenvalue weighted by Gasteiger charge is -2.61. The number of hydrogen-bond donors (Lipinski definition) is 4. The molecule has 6 aliphatic carbocycles. The highest BCUT2D eigenvalue weighted by Crippen LogP contribution is 2.62. The Labute approximate surface area is 278 Å². The van der Waals surface area contributed by atoms with Gasteiger partial charge in [-0.2, -0.15) is 0 Å². The van der Waals surface area contributed by atoms with Gasteiger partial charge in [0.2, 0.25) is 5.78 Å². The highest BCUT2D eigenvalue weighted by molar-refractivity contribution is 6.10. The van der Waals surface area contributed by atoms with Crippen LogP contribution in [0.1, 0.15) is 0 Å². The molecule has 0 heterocycles. The Morgan fingerprint density at radius 2 is 1.27 bits per heavy atom. The zero-order chi connectivity index (χ0) is 33.5. The highest BCUT2D eigenvalue weighted by atomic mass is 16.5. The summed E-state index contributed by atoms with van der Waals surface area (Å²) in [6, 6.07) is 12.5. The van der Waals surface area contributed by atoms with Crippen molar-refractivity contribution < 1.29 is 29.3 Å². The standard InChI is InChI=1S/C40H30N2O6/c1-47-28-17-13-26(14-18-28)41-33-11-7-3-5-10-23-40(46)35-31-21-24-38(32(35)25-30(33)36(40)43)34(42-27-15-19-29(48-2)20-16-27)12-8-4-6-9-22-39(31,45)37(38)44/h3-6,13-21,24-25,31-35,41-42,45-46H,1-2H3/b5-3+,6-4+/t31-,32+,33-,34+,35+,38-,39-,40+/m0/s1. The average molecular weight is 635 g/mol. The number of methoxy groups -OCH3 is 2. The molecule has 1 spiro atoms. The molecule has 48 heavy (non-hydrogen) atoms. The number of hydrogen-bond acceptors (Lipinski definition) is 8. The van der Waals surface area contributed by atoms with Crippen molar-refractivity contribution >= 4 is 22.9 Å². The third-order valence-electron chi connectivity index (χ3n) is 9.65. The van der Waals surface area contributed by atoms with E-state index in [-0.39, 0.29) is 5.57 Å². The second kappa shape index (κ2) is 11.7. The van der Waals surface area contributed by atoms with Crippen molar-refractivity contribution in [2.45, 2.75) is 23.3 Å². The first-order valence-electron chi connectivity index (χ1n) is 15.4. The number of rotatable bonds is 6. The molecule has 1 saturated carbocycles. The summed E-state index contributed by atoms with van der Waals surface area (Å²) in [5, 5.41) is 31.5. The Balaban J connectivity index is 1.44. The molecule has 2 aromatic carbocycles. The molecule has 0 aromatic heterocycles. The summed E-state index contributed by atoms with van der Waals surface area (Å²) in [5.41, 5.74) is -4.71. The van der Waals surface area contributed by atoms with Crippen molar-refractivity contribution in [1.82, 2.24) is 0 Å². The maximum absolute atomic E-state index is 14.9. The molecule has 6 aliphatic rings. The van der Waals surface area contributed by atoms with Crippen molar-refractivity contribution in [2.24, 2.45) is 23.2 Å². The summed E-state index contributed by atoms with van der Waals surface area (Å²) < 4.78 is 10.6. The molecule has 0 saturated heterocycles. The van der Waals surface area contributed by atoms with Gasteiger partial charge >= 0.3 is 0 Å². The zero-order valence-corrected chi connectivity index (χ0v) is 26.1. The van der Waals surface area contributed by atoms with Gasteiger partial charge in [0.1, 0.15) is 23.6 Å². The van der Waals surface area contributed by atoms with Gasteiger partial charge in [-0.1, -0.05) is 65.6 Å². The monoisotopic (exact) mass is 634 g/mol. The number of allylic oxidation sites excluding steroid dienone is 5. The van der Waals surface area contributed by atoms with Gasteiger partial charge in [0.15, 0.2) is 17.0 Å². The number of ether oxygens (including phenoxy) is 2.